The van der Waals surface area contributed by atoms with Gasteiger partial charge in [-0.05, 0) is 37.3 Å². The summed E-state index contributed by atoms with van der Waals surface area (Å²) in [5.41, 5.74) is 8.56. The molecule has 1 heterocycles. The zero-order chi connectivity index (χ0) is 9.97. The molecule has 0 saturated heterocycles. The van der Waals surface area contributed by atoms with Crippen molar-refractivity contribution in [1.82, 2.24) is 4.98 Å². The van der Waals surface area contributed by atoms with Crippen LogP contribution in [0.2, 0.25) is 0 Å². The fourth-order valence-electron chi connectivity index (χ4n) is 2.39. The second-order valence-electron chi connectivity index (χ2n) is 4.28. The van der Waals surface area contributed by atoms with Gasteiger partial charge in [-0.1, -0.05) is 18.9 Å². The van der Waals surface area contributed by atoms with Crippen LogP contribution >= 0.6 is 0 Å². The van der Waals surface area contributed by atoms with Gasteiger partial charge < -0.3 is 5.73 Å². The first-order valence-corrected chi connectivity index (χ1v) is 5.46. The third-order valence-corrected chi connectivity index (χ3v) is 3.27. The van der Waals surface area contributed by atoms with Crippen LogP contribution in [0.25, 0.3) is 0 Å². The summed E-state index contributed by atoms with van der Waals surface area (Å²) in [5, 5.41) is 0. The molecule has 0 aliphatic heterocycles. The molecule has 0 amide bonds. The smallest absolute Gasteiger partial charge is 0.0602 e. The summed E-state index contributed by atoms with van der Waals surface area (Å²) in [6, 6.07) is 4.22. The van der Waals surface area contributed by atoms with Crippen molar-refractivity contribution in [2.45, 2.75) is 38.6 Å². The zero-order valence-electron chi connectivity index (χ0n) is 8.74. The molecule has 14 heavy (non-hydrogen) atoms. The molecule has 1 aromatic rings. The van der Waals surface area contributed by atoms with Crippen LogP contribution in [0.4, 0.5) is 0 Å². The van der Waals surface area contributed by atoms with Crippen molar-refractivity contribution in [3.63, 3.8) is 0 Å². The van der Waals surface area contributed by atoms with E-state index in [1.165, 1.54) is 31.2 Å². The summed E-state index contributed by atoms with van der Waals surface area (Å²) in [7, 11) is 0. The van der Waals surface area contributed by atoms with Gasteiger partial charge in [-0.2, -0.15) is 0 Å². The Morgan fingerprint density at radius 2 is 2.14 bits per heavy atom. The predicted molar refractivity (Wildman–Crippen MR) is 57.9 cm³/mol. The Bertz CT molecular complexity index is 303. The Balaban J connectivity index is 2.17. The van der Waals surface area contributed by atoms with Gasteiger partial charge in [0.15, 0.2) is 0 Å². The van der Waals surface area contributed by atoms with Gasteiger partial charge >= 0.3 is 0 Å². The number of aryl methyl sites for hydroxylation is 1. The van der Waals surface area contributed by atoms with Crippen LogP contribution in [0.3, 0.4) is 0 Å². The van der Waals surface area contributed by atoms with Gasteiger partial charge in [-0.15, -0.1) is 0 Å². The van der Waals surface area contributed by atoms with Crippen LogP contribution in [0.1, 0.15) is 43.0 Å². The standard InChI is InChI=1S/C12H18N2/c1-9-5-4-8-14-12(9)11(13)10-6-2-3-7-10/h4-5,8,10-11H,2-3,6-7,13H2,1H3/t11-/m0/s1. The van der Waals surface area contributed by atoms with E-state index in [-0.39, 0.29) is 6.04 Å². The number of hydrogen-bond donors (Lipinski definition) is 1. The highest BCUT2D eigenvalue weighted by molar-refractivity contribution is 5.21. The van der Waals surface area contributed by atoms with Crippen molar-refractivity contribution in [1.29, 1.82) is 0 Å². The first kappa shape index (κ1) is 9.66. The lowest BCUT2D eigenvalue weighted by Crippen LogP contribution is -2.21. The molecule has 0 bridgehead atoms. The molecule has 1 aliphatic carbocycles. The van der Waals surface area contributed by atoms with Gasteiger partial charge in [0.25, 0.3) is 0 Å². The minimum absolute atomic E-state index is 0.152. The second-order valence-corrected chi connectivity index (χ2v) is 4.28. The monoisotopic (exact) mass is 190 g/mol. The Morgan fingerprint density at radius 1 is 1.43 bits per heavy atom. The van der Waals surface area contributed by atoms with Crippen molar-refractivity contribution in [3.05, 3.63) is 29.6 Å². The summed E-state index contributed by atoms with van der Waals surface area (Å²) in [6.45, 7) is 2.09. The quantitative estimate of drug-likeness (QED) is 0.778. The number of nitrogens with zero attached hydrogens (tertiary/aromatic N) is 1. The van der Waals surface area contributed by atoms with E-state index in [0.29, 0.717) is 5.92 Å². The fraction of sp³-hybridized carbons (Fsp3) is 0.583. The van der Waals surface area contributed by atoms with Gasteiger partial charge in [-0.3, -0.25) is 4.98 Å². The molecule has 1 atom stereocenters. The summed E-state index contributed by atoms with van der Waals surface area (Å²) in [5.74, 6) is 0.656. The number of pyridine rings is 1. The van der Waals surface area contributed by atoms with E-state index >= 15 is 0 Å². The average Bonchev–Trinajstić information content (AvgIpc) is 2.70. The van der Waals surface area contributed by atoms with Crippen LogP contribution in [-0.2, 0) is 0 Å². The van der Waals surface area contributed by atoms with Crippen LogP contribution in [0.5, 0.6) is 0 Å². The highest BCUT2D eigenvalue weighted by atomic mass is 14.8. The van der Waals surface area contributed by atoms with Crippen LogP contribution in [0, 0.1) is 12.8 Å². The van der Waals surface area contributed by atoms with Crippen molar-refractivity contribution >= 4 is 0 Å². The molecule has 0 spiro atoms. The molecule has 1 saturated carbocycles. The molecule has 0 radical (unpaired) electrons. The third-order valence-electron chi connectivity index (χ3n) is 3.27. The van der Waals surface area contributed by atoms with E-state index in [4.69, 9.17) is 5.73 Å². The van der Waals surface area contributed by atoms with E-state index in [9.17, 15) is 0 Å². The maximum absolute atomic E-state index is 6.24. The Morgan fingerprint density at radius 3 is 2.79 bits per heavy atom. The lowest BCUT2D eigenvalue weighted by molar-refractivity contribution is 0.435. The van der Waals surface area contributed by atoms with Gasteiger partial charge in [0.2, 0.25) is 0 Å². The summed E-state index contributed by atoms with van der Waals surface area (Å²) in [6.07, 6.45) is 7.07. The Labute approximate surface area is 85.5 Å². The molecule has 76 valence electrons. The second kappa shape index (κ2) is 4.09. The minimum atomic E-state index is 0.152. The molecule has 2 N–H and O–H groups in total. The van der Waals surface area contributed by atoms with Gasteiger partial charge in [0, 0.05) is 6.20 Å². The molecular formula is C12H18N2. The fourth-order valence-corrected chi connectivity index (χ4v) is 2.39. The summed E-state index contributed by atoms with van der Waals surface area (Å²) >= 11 is 0. The number of nitrogens with two attached hydrogens (primary N) is 1. The van der Waals surface area contributed by atoms with Crippen molar-refractivity contribution in [2.24, 2.45) is 11.7 Å². The molecule has 1 fully saturated rings. The van der Waals surface area contributed by atoms with Crippen molar-refractivity contribution in [3.8, 4) is 0 Å². The highest BCUT2D eigenvalue weighted by Gasteiger charge is 2.24. The minimum Gasteiger partial charge on any atom is -0.322 e. The Kier molecular flexibility index (Phi) is 2.82. The van der Waals surface area contributed by atoms with E-state index in [1.807, 2.05) is 12.3 Å². The van der Waals surface area contributed by atoms with Gasteiger partial charge in [0.1, 0.15) is 0 Å². The molecule has 2 nitrogen and oxygen atoms in total. The Hall–Kier alpha value is -0.890. The van der Waals surface area contributed by atoms with Crippen molar-refractivity contribution < 1.29 is 0 Å². The largest absolute Gasteiger partial charge is 0.322 e. The lowest BCUT2D eigenvalue weighted by atomic mass is 9.94. The van der Waals surface area contributed by atoms with Crippen LogP contribution in [-0.4, -0.2) is 4.98 Å². The summed E-state index contributed by atoms with van der Waals surface area (Å²) < 4.78 is 0. The maximum atomic E-state index is 6.24. The van der Waals surface area contributed by atoms with E-state index in [2.05, 4.69) is 18.0 Å². The average molecular weight is 190 g/mol. The molecule has 0 aromatic carbocycles. The first-order valence-electron chi connectivity index (χ1n) is 5.46. The molecule has 1 aliphatic rings. The van der Waals surface area contributed by atoms with E-state index < -0.39 is 0 Å². The number of rotatable bonds is 2. The SMILES string of the molecule is Cc1cccnc1[C@@H](N)C1CCCC1. The van der Waals surface area contributed by atoms with Crippen LogP contribution in [0.15, 0.2) is 18.3 Å². The van der Waals surface area contributed by atoms with E-state index in [0.717, 1.165) is 5.69 Å². The maximum Gasteiger partial charge on any atom is 0.0602 e. The zero-order valence-corrected chi connectivity index (χ0v) is 8.74. The van der Waals surface area contributed by atoms with Gasteiger partial charge in [-0.25, -0.2) is 0 Å². The predicted octanol–water partition coefficient (Wildman–Crippen LogP) is 2.58. The molecule has 2 rings (SSSR count). The first-order chi connectivity index (χ1) is 6.79. The molecule has 0 unspecified atom stereocenters. The topological polar surface area (TPSA) is 38.9 Å². The number of aromatic nitrogens is 1. The molecule has 2 heteroatoms. The van der Waals surface area contributed by atoms with Crippen molar-refractivity contribution in [2.75, 3.05) is 0 Å². The lowest BCUT2D eigenvalue weighted by Gasteiger charge is -2.19. The molecular weight excluding hydrogens is 172 g/mol. The van der Waals surface area contributed by atoms with Crippen LogP contribution < -0.4 is 5.73 Å². The van der Waals surface area contributed by atoms with Gasteiger partial charge in [0.05, 0.1) is 11.7 Å². The van der Waals surface area contributed by atoms with E-state index in [1.54, 1.807) is 0 Å². The summed E-state index contributed by atoms with van der Waals surface area (Å²) in [4.78, 5) is 4.40. The molecule has 1 aromatic heterocycles. The highest BCUT2D eigenvalue weighted by Crippen LogP contribution is 2.34. The normalized spacial score (nSPS) is 19.9. The third kappa shape index (κ3) is 1.80. The number of hydrogen-bond acceptors (Lipinski definition) is 2.